The van der Waals surface area contributed by atoms with Gasteiger partial charge < -0.3 is 14.8 Å². The third-order valence-electron chi connectivity index (χ3n) is 2.31. The topological polar surface area (TPSA) is 118 Å². The number of urea groups is 1. The van der Waals surface area contributed by atoms with E-state index in [1.165, 1.54) is 6.07 Å². The molecule has 0 aliphatic rings. The maximum atomic E-state index is 11.4. The molecule has 0 unspecified atom stereocenters. The van der Waals surface area contributed by atoms with E-state index in [4.69, 9.17) is 10.00 Å². The number of hydrogen-bond acceptors (Lipinski definition) is 6. The smallest absolute Gasteiger partial charge is 0.344 e. The summed E-state index contributed by atoms with van der Waals surface area (Å²) >= 11 is 0. The van der Waals surface area contributed by atoms with E-state index in [2.05, 4.69) is 10.1 Å². The van der Waals surface area contributed by atoms with E-state index in [9.17, 15) is 14.4 Å². The molecule has 1 aromatic rings. The fourth-order valence-corrected chi connectivity index (χ4v) is 1.38. The molecule has 0 saturated carbocycles. The third-order valence-corrected chi connectivity index (χ3v) is 2.31. The normalized spacial score (nSPS) is 9.27. The van der Waals surface area contributed by atoms with Gasteiger partial charge in [0.05, 0.1) is 5.56 Å². The van der Waals surface area contributed by atoms with E-state index < -0.39 is 31.1 Å². The molecule has 0 fully saturated rings. The Labute approximate surface area is 127 Å². The van der Waals surface area contributed by atoms with E-state index in [1.54, 1.807) is 25.1 Å². The number of nitriles is 1. The number of ether oxygens (including phenoxy) is 2. The molecular formula is C14H15N3O5. The Morgan fingerprint density at radius 1 is 1.23 bits per heavy atom. The Morgan fingerprint density at radius 3 is 2.64 bits per heavy atom. The number of amides is 3. The van der Waals surface area contributed by atoms with Crippen LogP contribution in [0.2, 0.25) is 0 Å². The van der Waals surface area contributed by atoms with Crippen molar-refractivity contribution in [3.8, 4) is 11.8 Å². The molecule has 0 saturated heterocycles. The number of carbonyl (C=O) groups excluding carboxylic acids is 3. The number of imide groups is 1. The lowest BCUT2D eigenvalue weighted by molar-refractivity contribution is -0.150. The summed E-state index contributed by atoms with van der Waals surface area (Å²) in [4.78, 5) is 33.7. The van der Waals surface area contributed by atoms with Gasteiger partial charge in [0.1, 0.15) is 11.8 Å². The van der Waals surface area contributed by atoms with E-state index in [0.29, 0.717) is 6.54 Å². The summed E-state index contributed by atoms with van der Waals surface area (Å²) < 4.78 is 9.77. The minimum absolute atomic E-state index is 0.244. The Hall–Kier alpha value is -3.08. The number of benzene rings is 1. The van der Waals surface area contributed by atoms with Crippen LogP contribution >= 0.6 is 0 Å². The highest BCUT2D eigenvalue weighted by Gasteiger charge is 2.11. The average Bonchev–Trinajstić information content (AvgIpc) is 2.51. The lowest BCUT2D eigenvalue weighted by Crippen LogP contribution is -2.41. The summed E-state index contributed by atoms with van der Waals surface area (Å²) in [5.74, 6) is -1.30. The Morgan fingerprint density at radius 2 is 1.95 bits per heavy atom. The first kappa shape index (κ1) is 17.0. The monoisotopic (exact) mass is 305 g/mol. The molecule has 3 amide bonds. The van der Waals surface area contributed by atoms with E-state index in [-0.39, 0.29) is 11.3 Å². The Balaban J connectivity index is 2.34. The number of para-hydroxylation sites is 1. The van der Waals surface area contributed by atoms with Gasteiger partial charge in [-0.1, -0.05) is 12.1 Å². The van der Waals surface area contributed by atoms with Crippen molar-refractivity contribution in [1.29, 1.82) is 5.26 Å². The van der Waals surface area contributed by atoms with E-state index in [1.807, 2.05) is 11.4 Å². The predicted octanol–water partition coefficient (Wildman–Crippen LogP) is 0.326. The molecule has 0 aliphatic heterocycles. The Kier molecular flexibility index (Phi) is 6.92. The molecule has 0 atom stereocenters. The van der Waals surface area contributed by atoms with Gasteiger partial charge in [-0.15, -0.1) is 0 Å². The van der Waals surface area contributed by atoms with Crippen LogP contribution in [0.5, 0.6) is 5.75 Å². The zero-order valence-corrected chi connectivity index (χ0v) is 11.9. The summed E-state index contributed by atoms with van der Waals surface area (Å²) in [6.07, 6.45) is 0. The SMILES string of the molecule is CCNC(=O)NC(=O)COC(=O)COc1ccccc1C#N. The van der Waals surface area contributed by atoms with Gasteiger partial charge in [0, 0.05) is 6.54 Å². The molecule has 0 bridgehead atoms. The standard InChI is InChI=1S/C14H15N3O5/c1-2-16-14(20)17-12(18)8-22-13(19)9-21-11-6-4-3-5-10(11)7-15/h3-6H,2,8-9H2,1H3,(H2,16,17,18,20). The molecular weight excluding hydrogens is 290 g/mol. The second-order valence-corrected chi connectivity index (χ2v) is 3.96. The number of esters is 1. The van der Waals surface area contributed by atoms with Gasteiger partial charge in [0.2, 0.25) is 0 Å². The molecule has 0 radical (unpaired) electrons. The number of nitrogens with one attached hydrogen (secondary N) is 2. The van der Waals surface area contributed by atoms with Crippen LogP contribution in [0.1, 0.15) is 12.5 Å². The molecule has 0 aliphatic carbocycles. The second kappa shape index (κ2) is 8.97. The molecule has 1 aromatic carbocycles. The summed E-state index contributed by atoms with van der Waals surface area (Å²) in [5, 5.41) is 13.2. The maximum absolute atomic E-state index is 11.4. The summed E-state index contributed by atoms with van der Waals surface area (Å²) in [6.45, 7) is 1.01. The molecule has 0 aromatic heterocycles. The van der Waals surface area contributed by atoms with Crippen LogP contribution in [0.3, 0.4) is 0 Å². The van der Waals surface area contributed by atoms with Crippen molar-refractivity contribution < 1.29 is 23.9 Å². The van der Waals surface area contributed by atoms with E-state index in [0.717, 1.165) is 0 Å². The quantitative estimate of drug-likeness (QED) is 0.731. The molecule has 116 valence electrons. The molecule has 8 heteroatoms. The number of carbonyl (C=O) groups is 3. The van der Waals surface area contributed by atoms with Crippen LogP contribution in [0.4, 0.5) is 4.79 Å². The van der Waals surface area contributed by atoms with Crippen molar-refractivity contribution in [3.05, 3.63) is 29.8 Å². The summed E-state index contributed by atoms with van der Waals surface area (Å²) in [5.41, 5.74) is 0.282. The Bertz CT molecular complexity index is 594. The van der Waals surface area contributed by atoms with Crippen molar-refractivity contribution in [2.24, 2.45) is 0 Å². The van der Waals surface area contributed by atoms with Crippen LogP contribution < -0.4 is 15.4 Å². The van der Waals surface area contributed by atoms with Gasteiger partial charge in [-0.25, -0.2) is 9.59 Å². The van der Waals surface area contributed by atoms with Gasteiger partial charge >= 0.3 is 12.0 Å². The minimum Gasteiger partial charge on any atom is -0.481 e. The van der Waals surface area contributed by atoms with Crippen molar-refractivity contribution in [2.45, 2.75) is 6.92 Å². The van der Waals surface area contributed by atoms with Crippen molar-refractivity contribution >= 4 is 17.9 Å². The largest absolute Gasteiger partial charge is 0.481 e. The highest BCUT2D eigenvalue weighted by Crippen LogP contribution is 2.16. The average molecular weight is 305 g/mol. The minimum atomic E-state index is -0.793. The highest BCUT2D eigenvalue weighted by molar-refractivity contribution is 5.95. The van der Waals surface area contributed by atoms with Gasteiger partial charge in [0.25, 0.3) is 5.91 Å². The summed E-state index contributed by atoms with van der Waals surface area (Å²) in [7, 11) is 0. The zero-order chi connectivity index (χ0) is 16.4. The first-order chi connectivity index (χ1) is 10.6. The van der Waals surface area contributed by atoms with Crippen molar-refractivity contribution in [3.63, 3.8) is 0 Å². The first-order valence-corrected chi connectivity index (χ1v) is 6.42. The second-order valence-electron chi connectivity index (χ2n) is 3.96. The zero-order valence-electron chi connectivity index (χ0n) is 11.9. The molecule has 0 heterocycles. The fourth-order valence-electron chi connectivity index (χ4n) is 1.38. The molecule has 22 heavy (non-hydrogen) atoms. The van der Waals surface area contributed by atoms with Crippen LogP contribution in [0, 0.1) is 11.3 Å². The van der Waals surface area contributed by atoms with Gasteiger partial charge in [-0.3, -0.25) is 10.1 Å². The fraction of sp³-hybridized carbons (Fsp3) is 0.286. The van der Waals surface area contributed by atoms with Crippen LogP contribution in [-0.2, 0) is 14.3 Å². The summed E-state index contributed by atoms with van der Waals surface area (Å²) in [6, 6.07) is 7.65. The molecule has 2 N–H and O–H groups in total. The van der Waals surface area contributed by atoms with Crippen molar-refractivity contribution in [1.82, 2.24) is 10.6 Å². The molecule has 8 nitrogen and oxygen atoms in total. The lowest BCUT2D eigenvalue weighted by Gasteiger charge is -2.08. The lowest BCUT2D eigenvalue weighted by atomic mass is 10.2. The van der Waals surface area contributed by atoms with Gasteiger partial charge in [-0.2, -0.15) is 5.26 Å². The third kappa shape index (κ3) is 5.92. The number of rotatable bonds is 6. The first-order valence-electron chi connectivity index (χ1n) is 6.42. The van der Waals surface area contributed by atoms with Crippen molar-refractivity contribution in [2.75, 3.05) is 19.8 Å². The molecule has 0 spiro atoms. The van der Waals surface area contributed by atoms with Gasteiger partial charge in [0.15, 0.2) is 13.2 Å². The van der Waals surface area contributed by atoms with Gasteiger partial charge in [-0.05, 0) is 19.1 Å². The molecule has 1 rings (SSSR count). The number of hydrogen-bond donors (Lipinski definition) is 2. The van der Waals surface area contributed by atoms with Crippen LogP contribution in [-0.4, -0.2) is 37.7 Å². The number of nitrogens with zero attached hydrogens (tertiary/aromatic N) is 1. The van der Waals surface area contributed by atoms with Crippen LogP contribution in [0.25, 0.3) is 0 Å². The van der Waals surface area contributed by atoms with Crippen LogP contribution in [0.15, 0.2) is 24.3 Å². The van der Waals surface area contributed by atoms with E-state index >= 15 is 0 Å². The predicted molar refractivity (Wildman–Crippen MR) is 74.8 cm³/mol. The maximum Gasteiger partial charge on any atom is 0.344 e. The highest BCUT2D eigenvalue weighted by atomic mass is 16.6.